The van der Waals surface area contributed by atoms with Crippen LogP contribution >= 0.6 is 0 Å². The van der Waals surface area contributed by atoms with Gasteiger partial charge in [-0.15, -0.1) is 0 Å². The molecule has 1 aromatic heterocycles. The van der Waals surface area contributed by atoms with Crippen LogP contribution in [-0.4, -0.2) is 41.7 Å². The maximum atomic E-state index is 14.6. The lowest BCUT2D eigenvalue weighted by atomic mass is 10.1. The minimum Gasteiger partial charge on any atom is -0.489 e. The van der Waals surface area contributed by atoms with Crippen LogP contribution in [0.1, 0.15) is 49.1 Å². The standard InChI is InChI=1S/C24H32F2N4O/c1-17(2)31-22-7-8-23(29-13-22)24(25,26)16-28-11-18-5-6-19-14-30(15-20(19)10-18)21-4-3-9-27-12-21/h5-8,10,13,17,21,27-28H,3-4,9,11-12,14-16H2,1-2H3. The minimum absolute atomic E-state index is 0.0199. The summed E-state index contributed by atoms with van der Waals surface area (Å²) in [7, 11) is 0. The number of piperidine rings is 1. The molecule has 2 aromatic rings. The van der Waals surface area contributed by atoms with Gasteiger partial charge in [0.2, 0.25) is 0 Å². The van der Waals surface area contributed by atoms with Crippen LogP contribution in [-0.2, 0) is 25.6 Å². The van der Waals surface area contributed by atoms with E-state index in [0.29, 0.717) is 18.3 Å². The number of halogens is 2. The van der Waals surface area contributed by atoms with Crippen molar-refractivity contribution in [3.8, 4) is 5.75 Å². The van der Waals surface area contributed by atoms with Gasteiger partial charge in [-0.1, -0.05) is 18.2 Å². The van der Waals surface area contributed by atoms with Gasteiger partial charge in [0, 0.05) is 32.2 Å². The molecule has 3 heterocycles. The molecule has 2 aliphatic rings. The third kappa shape index (κ3) is 5.59. The molecule has 0 amide bonds. The summed E-state index contributed by atoms with van der Waals surface area (Å²) in [6, 6.07) is 9.82. The fourth-order valence-corrected chi connectivity index (χ4v) is 4.38. The first-order valence-electron chi connectivity index (χ1n) is 11.2. The van der Waals surface area contributed by atoms with Gasteiger partial charge in [-0.3, -0.25) is 9.88 Å². The first-order chi connectivity index (χ1) is 14.9. The molecule has 0 spiro atoms. The van der Waals surface area contributed by atoms with Gasteiger partial charge >= 0.3 is 5.92 Å². The van der Waals surface area contributed by atoms with Crippen molar-refractivity contribution in [3.63, 3.8) is 0 Å². The number of benzene rings is 1. The molecular weight excluding hydrogens is 398 g/mol. The van der Waals surface area contributed by atoms with Crippen molar-refractivity contribution in [1.29, 1.82) is 0 Å². The topological polar surface area (TPSA) is 49.4 Å². The van der Waals surface area contributed by atoms with E-state index in [1.807, 2.05) is 19.9 Å². The monoisotopic (exact) mass is 430 g/mol. The van der Waals surface area contributed by atoms with E-state index in [9.17, 15) is 8.78 Å². The molecule has 0 aliphatic carbocycles. The number of ether oxygens (including phenoxy) is 1. The Morgan fingerprint density at radius 1 is 1.23 bits per heavy atom. The number of hydrogen-bond acceptors (Lipinski definition) is 5. The molecule has 0 radical (unpaired) electrons. The highest BCUT2D eigenvalue weighted by molar-refractivity contribution is 5.35. The Labute approximate surface area is 183 Å². The summed E-state index contributed by atoms with van der Waals surface area (Å²) in [5.41, 5.74) is 3.46. The van der Waals surface area contributed by atoms with Gasteiger partial charge < -0.3 is 15.4 Å². The molecule has 1 fully saturated rings. The molecular formula is C24H32F2N4O. The van der Waals surface area contributed by atoms with Crippen molar-refractivity contribution in [2.24, 2.45) is 0 Å². The van der Waals surface area contributed by atoms with Crippen molar-refractivity contribution >= 4 is 0 Å². The molecule has 1 atom stereocenters. The Morgan fingerprint density at radius 2 is 2.06 bits per heavy atom. The number of nitrogens with one attached hydrogen (secondary N) is 2. The Balaban J connectivity index is 1.30. The van der Waals surface area contributed by atoms with Crippen LogP contribution in [0.25, 0.3) is 0 Å². The van der Waals surface area contributed by atoms with E-state index in [-0.39, 0.29) is 11.8 Å². The first kappa shape index (κ1) is 22.1. The lowest BCUT2D eigenvalue weighted by Crippen LogP contribution is -2.43. The van der Waals surface area contributed by atoms with E-state index < -0.39 is 12.5 Å². The molecule has 1 unspecified atom stereocenters. The van der Waals surface area contributed by atoms with Crippen molar-refractivity contribution in [1.82, 2.24) is 20.5 Å². The van der Waals surface area contributed by atoms with Gasteiger partial charge in [-0.05, 0) is 62.1 Å². The number of fused-ring (bicyclic) bond motifs is 1. The van der Waals surface area contributed by atoms with E-state index in [0.717, 1.165) is 31.7 Å². The fraction of sp³-hybridized carbons (Fsp3) is 0.542. The maximum Gasteiger partial charge on any atom is 0.301 e. The zero-order valence-electron chi connectivity index (χ0n) is 18.3. The number of aromatic nitrogens is 1. The zero-order chi connectivity index (χ0) is 21.8. The van der Waals surface area contributed by atoms with E-state index in [1.54, 1.807) is 6.07 Å². The number of alkyl halides is 2. The number of nitrogens with zero attached hydrogens (tertiary/aromatic N) is 2. The maximum absolute atomic E-state index is 14.6. The van der Waals surface area contributed by atoms with Crippen molar-refractivity contribution in [2.45, 2.75) is 64.4 Å². The molecule has 168 valence electrons. The number of rotatable bonds is 8. The van der Waals surface area contributed by atoms with E-state index in [4.69, 9.17) is 4.74 Å². The molecule has 0 bridgehead atoms. The average molecular weight is 431 g/mol. The highest BCUT2D eigenvalue weighted by Gasteiger charge is 2.33. The van der Waals surface area contributed by atoms with Crippen LogP contribution < -0.4 is 15.4 Å². The molecule has 31 heavy (non-hydrogen) atoms. The quantitative estimate of drug-likeness (QED) is 0.667. The van der Waals surface area contributed by atoms with Gasteiger partial charge in [0.05, 0.1) is 18.8 Å². The molecule has 1 saturated heterocycles. The molecule has 1 aromatic carbocycles. The van der Waals surface area contributed by atoms with Crippen LogP contribution in [0.3, 0.4) is 0 Å². The van der Waals surface area contributed by atoms with Gasteiger partial charge in [0.1, 0.15) is 11.4 Å². The summed E-state index contributed by atoms with van der Waals surface area (Å²) in [4.78, 5) is 6.43. The Morgan fingerprint density at radius 3 is 2.77 bits per heavy atom. The van der Waals surface area contributed by atoms with Gasteiger partial charge in [-0.25, -0.2) is 0 Å². The van der Waals surface area contributed by atoms with Crippen molar-refractivity contribution in [2.75, 3.05) is 19.6 Å². The van der Waals surface area contributed by atoms with Crippen molar-refractivity contribution in [3.05, 3.63) is 58.9 Å². The third-order valence-electron chi connectivity index (χ3n) is 5.96. The molecule has 5 nitrogen and oxygen atoms in total. The number of pyridine rings is 1. The Bertz CT molecular complexity index is 866. The SMILES string of the molecule is CC(C)Oc1ccc(C(F)(F)CNCc2ccc3c(c2)CN(C2CCCNC2)C3)nc1. The summed E-state index contributed by atoms with van der Waals surface area (Å²) < 4.78 is 34.6. The summed E-state index contributed by atoms with van der Waals surface area (Å²) in [5.74, 6) is -2.54. The second-order valence-electron chi connectivity index (χ2n) is 8.86. The van der Waals surface area contributed by atoms with Crippen LogP contribution in [0.4, 0.5) is 8.78 Å². The fourth-order valence-electron chi connectivity index (χ4n) is 4.38. The lowest BCUT2D eigenvalue weighted by Gasteiger charge is -2.31. The third-order valence-corrected chi connectivity index (χ3v) is 5.96. The first-order valence-corrected chi connectivity index (χ1v) is 11.2. The Hall–Kier alpha value is -2.09. The van der Waals surface area contributed by atoms with Crippen LogP contribution in [0.5, 0.6) is 5.75 Å². The second-order valence-corrected chi connectivity index (χ2v) is 8.86. The predicted octanol–water partition coefficient (Wildman–Crippen LogP) is 3.82. The van der Waals surface area contributed by atoms with Gasteiger partial charge in [0.15, 0.2) is 0 Å². The van der Waals surface area contributed by atoms with Gasteiger partial charge in [-0.2, -0.15) is 8.78 Å². The van der Waals surface area contributed by atoms with Crippen molar-refractivity contribution < 1.29 is 13.5 Å². The summed E-state index contributed by atoms with van der Waals surface area (Å²) >= 11 is 0. The Kier molecular flexibility index (Phi) is 6.84. The van der Waals surface area contributed by atoms with E-state index in [1.165, 1.54) is 36.2 Å². The highest BCUT2D eigenvalue weighted by Crippen LogP contribution is 2.29. The molecule has 2 aliphatic heterocycles. The highest BCUT2D eigenvalue weighted by atomic mass is 19.3. The average Bonchev–Trinajstić information content (AvgIpc) is 3.18. The zero-order valence-corrected chi connectivity index (χ0v) is 18.3. The largest absolute Gasteiger partial charge is 0.489 e. The molecule has 2 N–H and O–H groups in total. The smallest absolute Gasteiger partial charge is 0.301 e. The predicted molar refractivity (Wildman–Crippen MR) is 117 cm³/mol. The van der Waals surface area contributed by atoms with Crippen LogP contribution in [0, 0.1) is 0 Å². The van der Waals surface area contributed by atoms with Crippen LogP contribution in [0.15, 0.2) is 36.5 Å². The van der Waals surface area contributed by atoms with E-state index in [2.05, 4.69) is 32.7 Å². The molecule has 0 saturated carbocycles. The van der Waals surface area contributed by atoms with Gasteiger partial charge in [0.25, 0.3) is 0 Å². The lowest BCUT2D eigenvalue weighted by molar-refractivity contribution is -0.00795. The summed E-state index contributed by atoms with van der Waals surface area (Å²) in [6.07, 6.45) is 3.80. The molecule has 4 rings (SSSR count). The summed E-state index contributed by atoms with van der Waals surface area (Å²) in [6.45, 7) is 7.81. The van der Waals surface area contributed by atoms with E-state index >= 15 is 0 Å². The molecule has 7 heteroatoms. The van der Waals surface area contributed by atoms with Crippen LogP contribution in [0.2, 0.25) is 0 Å². The normalized spacial score (nSPS) is 19.6. The second kappa shape index (κ2) is 9.59. The number of hydrogen-bond donors (Lipinski definition) is 2. The summed E-state index contributed by atoms with van der Waals surface area (Å²) in [5, 5.41) is 6.39. The minimum atomic E-state index is -3.04.